The van der Waals surface area contributed by atoms with E-state index in [9.17, 15) is 19.5 Å². The van der Waals surface area contributed by atoms with Crippen LogP contribution in [-0.4, -0.2) is 54.2 Å². The van der Waals surface area contributed by atoms with E-state index < -0.39 is 11.6 Å². The van der Waals surface area contributed by atoms with Crippen LogP contribution in [0, 0.1) is 0 Å². The van der Waals surface area contributed by atoms with E-state index in [2.05, 4.69) is 15.5 Å². The molecule has 1 aromatic rings. The lowest BCUT2D eigenvalue weighted by molar-refractivity contribution is -0.150. The number of unbranched alkanes of at least 4 members (excludes halogenated alkanes) is 1. The highest BCUT2D eigenvalue weighted by Gasteiger charge is 2.35. The molecule has 2 saturated heterocycles. The van der Waals surface area contributed by atoms with E-state index in [1.54, 1.807) is 6.07 Å². The average molecular weight is 452 g/mol. The molecule has 3 rings (SSSR count). The molecule has 0 spiro atoms. The van der Waals surface area contributed by atoms with E-state index >= 15 is 0 Å². The predicted octanol–water partition coefficient (Wildman–Crippen LogP) is 2.62. The highest BCUT2D eigenvalue weighted by atomic mass is 35.5. The van der Waals surface area contributed by atoms with Gasteiger partial charge in [0, 0.05) is 25.2 Å². The van der Waals surface area contributed by atoms with Crippen LogP contribution < -0.4 is 15.5 Å². The second-order valence-corrected chi connectivity index (χ2v) is 8.68. The van der Waals surface area contributed by atoms with Crippen LogP contribution in [0.4, 0.5) is 11.4 Å². The molecule has 8 nitrogen and oxygen atoms in total. The Bertz CT molecular complexity index is 823. The third-order valence-electron chi connectivity index (χ3n) is 5.80. The van der Waals surface area contributed by atoms with Crippen molar-refractivity contribution in [2.24, 2.45) is 0 Å². The smallest absolute Gasteiger partial charge is 0.308 e. The molecule has 1 unspecified atom stereocenters. The molecule has 2 heterocycles. The molecule has 2 fully saturated rings. The Morgan fingerprint density at radius 1 is 1.35 bits per heavy atom. The maximum absolute atomic E-state index is 12.0. The van der Waals surface area contributed by atoms with Crippen molar-refractivity contribution in [3.8, 4) is 0 Å². The second kappa shape index (κ2) is 10.3. The van der Waals surface area contributed by atoms with E-state index in [1.807, 2.05) is 19.1 Å². The van der Waals surface area contributed by atoms with Gasteiger partial charge in [0.2, 0.25) is 11.8 Å². The summed E-state index contributed by atoms with van der Waals surface area (Å²) >= 11 is 6.49. The zero-order valence-corrected chi connectivity index (χ0v) is 18.5. The van der Waals surface area contributed by atoms with Gasteiger partial charge in [-0.15, -0.1) is 0 Å². The van der Waals surface area contributed by atoms with Crippen LogP contribution in [0.15, 0.2) is 18.2 Å². The van der Waals surface area contributed by atoms with Gasteiger partial charge in [0.1, 0.15) is 6.04 Å². The van der Waals surface area contributed by atoms with E-state index in [0.717, 1.165) is 18.5 Å². The lowest BCUT2D eigenvalue weighted by Gasteiger charge is -2.39. The Morgan fingerprint density at radius 3 is 2.74 bits per heavy atom. The number of hydrogen-bond donors (Lipinski definition) is 3. The van der Waals surface area contributed by atoms with Crippen molar-refractivity contribution in [1.29, 1.82) is 0 Å². The number of nitrogens with one attached hydrogen (secondary N) is 2. The Balaban J connectivity index is 1.54. The SMILES string of the molecule is CCCCOC(=O)CC1(O)CCN(c2ccc(NC3CCC(=O)NC3=O)cc2Cl)CC1. The van der Waals surface area contributed by atoms with Crippen LogP contribution in [0.3, 0.4) is 0 Å². The number of rotatable bonds is 8. The number of benzene rings is 1. The number of nitrogens with zero attached hydrogens (tertiary/aromatic N) is 1. The van der Waals surface area contributed by atoms with Crippen molar-refractivity contribution in [3.05, 3.63) is 23.2 Å². The number of imide groups is 1. The van der Waals surface area contributed by atoms with Gasteiger partial charge in [0.25, 0.3) is 0 Å². The third kappa shape index (κ3) is 6.33. The van der Waals surface area contributed by atoms with Crippen molar-refractivity contribution < 1.29 is 24.2 Å². The molecule has 0 bridgehead atoms. The molecular weight excluding hydrogens is 422 g/mol. The summed E-state index contributed by atoms with van der Waals surface area (Å²) in [5.41, 5.74) is 0.481. The fourth-order valence-electron chi connectivity index (χ4n) is 3.88. The molecule has 170 valence electrons. The first-order valence-electron chi connectivity index (χ1n) is 10.8. The molecule has 0 radical (unpaired) electrons. The van der Waals surface area contributed by atoms with Gasteiger partial charge in [-0.25, -0.2) is 0 Å². The first-order valence-corrected chi connectivity index (χ1v) is 11.2. The molecule has 31 heavy (non-hydrogen) atoms. The van der Waals surface area contributed by atoms with Gasteiger partial charge in [0.15, 0.2) is 0 Å². The molecule has 0 aromatic heterocycles. The monoisotopic (exact) mass is 451 g/mol. The third-order valence-corrected chi connectivity index (χ3v) is 6.10. The van der Waals surface area contributed by atoms with E-state index in [1.165, 1.54) is 0 Å². The molecule has 2 aliphatic rings. The zero-order chi connectivity index (χ0) is 22.4. The van der Waals surface area contributed by atoms with Crippen molar-refractivity contribution in [2.45, 2.75) is 63.5 Å². The summed E-state index contributed by atoms with van der Waals surface area (Å²) in [5, 5.41) is 16.7. The highest BCUT2D eigenvalue weighted by Crippen LogP contribution is 2.34. The summed E-state index contributed by atoms with van der Waals surface area (Å²) in [6.45, 7) is 3.56. The summed E-state index contributed by atoms with van der Waals surface area (Å²) in [5.74, 6) is -0.943. The van der Waals surface area contributed by atoms with Crippen LogP contribution in [0.2, 0.25) is 5.02 Å². The minimum absolute atomic E-state index is 0.00704. The number of carbonyl (C=O) groups is 3. The Hall–Kier alpha value is -2.32. The zero-order valence-electron chi connectivity index (χ0n) is 17.8. The van der Waals surface area contributed by atoms with Gasteiger partial charge in [-0.05, 0) is 43.9 Å². The summed E-state index contributed by atoms with van der Waals surface area (Å²) in [7, 11) is 0. The van der Waals surface area contributed by atoms with Crippen LogP contribution >= 0.6 is 11.6 Å². The standard InChI is InChI=1S/C22H30ClN3O5/c1-2-3-12-31-20(28)14-22(30)8-10-26(11-9-22)18-6-4-15(13-16(18)23)24-17-5-7-19(27)25-21(17)29/h4,6,13,17,24,30H,2-3,5,7-12,14H2,1H3,(H,25,27,29). The average Bonchev–Trinajstić information content (AvgIpc) is 2.71. The molecule has 0 saturated carbocycles. The number of halogens is 1. The van der Waals surface area contributed by atoms with Gasteiger partial charge in [0.05, 0.1) is 29.3 Å². The summed E-state index contributed by atoms with van der Waals surface area (Å²) < 4.78 is 5.18. The quantitative estimate of drug-likeness (QED) is 0.316. The highest BCUT2D eigenvalue weighted by molar-refractivity contribution is 6.33. The Labute approximate surface area is 187 Å². The maximum Gasteiger partial charge on any atom is 0.308 e. The predicted molar refractivity (Wildman–Crippen MR) is 118 cm³/mol. The molecule has 1 atom stereocenters. The Morgan fingerprint density at radius 2 is 2.10 bits per heavy atom. The van der Waals surface area contributed by atoms with E-state index in [0.29, 0.717) is 56.1 Å². The summed E-state index contributed by atoms with van der Waals surface area (Å²) in [6.07, 6.45) is 3.42. The molecular formula is C22H30ClN3O5. The summed E-state index contributed by atoms with van der Waals surface area (Å²) in [4.78, 5) is 37.3. The second-order valence-electron chi connectivity index (χ2n) is 8.28. The van der Waals surface area contributed by atoms with Gasteiger partial charge in [-0.2, -0.15) is 0 Å². The van der Waals surface area contributed by atoms with Gasteiger partial charge in [-0.1, -0.05) is 24.9 Å². The number of esters is 1. The number of hydrogen-bond acceptors (Lipinski definition) is 7. The van der Waals surface area contributed by atoms with Crippen LogP contribution in [0.25, 0.3) is 0 Å². The normalized spacial score (nSPS) is 20.9. The largest absolute Gasteiger partial charge is 0.466 e. The van der Waals surface area contributed by atoms with E-state index in [4.69, 9.17) is 16.3 Å². The van der Waals surface area contributed by atoms with Crippen LogP contribution in [0.1, 0.15) is 51.9 Å². The molecule has 1 aromatic carbocycles. The maximum atomic E-state index is 12.0. The first-order chi connectivity index (χ1) is 14.8. The number of amides is 2. The topological polar surface area (TPSA) is 108 Å². The lowest BCUT2D eigenvalue weighted by atomic mass is 9.88. The van der Waals surface area contributed by atoms with Gasteiger partial charge in [-0.3, -0.25) is 19.7 Å². The fourth-order valence-corrected chi connectivity index (χ4v) is 4.18. The molecule has 2 aliphatic heterocycles. The minimum Gasteiger partial charge on any atom is -0.466 e. The van der Waals surface area contributed by atoms with Crippen LogP contribution in [0.5, 0.6) is 0 Å². The van der Waals surface area contributed by atoms with Crippen molar-refractivity contribution in [3.63, 3.8) is 0 Å². The number of aliphatic hydroxyl groups is 1. The molecule has 0 aliphatic carbocycles. The Kier molecular flexibility index (Phi) is 7.78. The number of piperidine rings is 2. The molecule has 3 N–H and O–H groups in total. The minimum atomic E-state index is -1.06. The van der Waals surface area contributed by atoms with Crippen molar-refractivity contribution >= 4 is 40.8 Å². The summed E-state index contributed by atoms with van der Waals surface area (Å²) in [6, 6.07) is 5.00. The first kappa shape index (κ1) is 23.3. The van der Waals surface area contributed by atoms with Gasteiger partial charge < -0.3 is 20.1 Å². The molecule has 9 heteroatoms. The number of ether oxygens (including phenoxy) is 1. The van der Waals surface area contributed by atoms with Gasteiger partial charge >= 0.3 is 5.97 Å². The van der Waals surface area contributed by atoms with E-state index in [-0.39, 0.29) is 24.2 Å². The van der Waals surface area contributed by atoms with Crippen molar-refractivity contribution in [2.75, 3.05) is 29.9 Å². The van der Waals surface area contributed by atoms with Crippen molar-refractivity contribution in [1.82, 2.24) is 5.32 Å². The number of carbonyl (C=O) groups excluding carboxylic acids is 3. The number of anilines is 2. The molecule has 2 amide bonds. The lowest BCUT2D eigenvalue weighted by Crippen LogP contribution is -2.47. The fraction of sp³-hybridized carbons (Fsp3) is 0.591. The van der Waals surface area contributed by atoms with Crippen LogP contribution in [-0.2, 0) is 19.1 Å².